The standard InChI is InChI=1S/C34H38F6N6O2S/c1-22-30(49-42-41-22)32(48)45-10-7-27(8-11-45)43-13-15-44(16-14-43)28-9-12-46(29(21-28)17-23-5-3-2-4-6-23)31(47)24-18-25(33(35,36)37)20-26(19-24)34(38,39)40/h2-6,18-20,27-29H,7-17,21H2,1H3/t28-,29+/m0/s1. The molecule has 3 saturated heterocycles. The molecule has 3 aliphatic heterocycles. The second-order valence-electron chi connectivity index (χ2n) is 13.1. The van der Waals surface area contributed by atoms with E-state index in [1.165, 1.54) is 4.90 Å². The number of aryl methyl sites for hydroxylation is 1. The van der Waals surface area contributed by atoms with Crippen LogP contribution in [0.4, 0.5) is 26.3 Å². The summed E-state index contributed by atoms with van der Waals surface area (Å²) < 4.78 is 85.5. The SMILES string of the molecule is Cc1nnsc1C(=O)N1CCC(N2CCN([C@H]3CCN(C(=O)c4cc(C(F)(F)F)cc(C(F)(F)F)c4)[C@H](Cc4ccccc4)C3)CC2)CC1. The number of aromatic nitrogens is 2. The van der Waals surface area contributed by atoms with Gasteiger partial charge >= 0.3 is 12.4 Å². The Bertz CT molecular complexity index is 1580. The van der Waals surface area contributed by atoms with Gasteiger partial charge < -0.3 is 9.80 Å². The summed E-state index contributed by atoms with van der Waals surface area (Å²) in [4.78, 5) is 35.5. The average Bonchev–Trinajstić information content (AvgIpc) is 3.53. The molecule has 0 saturated carbocycles. The van der Waals surface area contributed by atoms with Crippen molar-refractivity contribution in [3.8, 4) is 0 Å². The molecule has 49 heavy (non-hydrogen) atoms. The molecule has 0 spiro atoms. The molecule has 3 aliphatic rings. The number of likely N-dealkylation sites (tertiary alicyclic amines) is 2. The van der Waals surface area contributed by atoms with Crippen LogP contribution in [0.1, 0.15) is 68.1 Å². The molecule has 6 rings (SSSR count). The van der Waals surface area contributed by atoms with Crippen LogP contribution in [0, 0.1) is 6.92 Å². The molecule has 0 N–H and O–H groups in total. The molecule has 264 valence electrons. The zero-order valence-corrected chi connectivity index (χ0v) is 27.8. The van der Waals surface area contributed by atoms with E-state index >= 15 is 0 Å². The van der Waals surface area contributed by atoms with E-state index in [0.29, 0.717) is 61.1 Å². The Hall–Kier alpha value is -3.56. The van der Waals surface area contributed by atoms with Crippen molar-refractivity contribution < 1.29 is 35.9 Å². The van der Waals surface area contributed by atoms with Crippen molar-refractivity contribution in [2.24, 2.45) is 0 Å². The molecule has 0 bridgehead atoms. The molecular formula is C34H38F6N6O2S. The van der Waals surface area contributed by atoms with E-state index in [2.05, 4.69) is 19.4 Å². The van der Waals surface area contributed by atoms with Gasteiger partial charge in [0.05, 0.1) is 16.8 Å². The van der Waals surface area contributed by atoms with Gasteiger partial charge in [-0.2, -0.15) is 26.3 Å². The summed E-state index contributed by atoms with van der Waals surface area (Å²) in [6, 6.07) is 10.6. The van der Waals surface area contributed by atoms with Crippen LogP contribution in [-0.4, -0.2) is 105 Å². The summed E-state index contributed by atoms with van der Waals surface area (Å²) in [5, 5.41) is 3.95. The summed E-state index contributed by atoms with van der Waals surface area (Å²) in [6.45, 7) is 6.68. The van der Waals surface area contributed by atoms with Gasteiger partial charge in [-0.3, -0.25) is 19.4 Å². The van der Waals surface area contributed by atoms with Crippen LogP contribution in [0.25, 0.3) is 0 Å². The summed E-state index contributed by atoms with van der Waals surface area (Å²) >= 11 is 1.13. The van der Waals surface area contributed by atoms with Gasteiger partial charge in [-0.15, -0.1) is 5.10 Å². The molecule has 0 aliphatic carbocycles. The van der Waals surface area contributed by atoms with E-state index < -0.39 is 41.0 Å². The quantitative estimate of drug-likeness (QED) is 0.292. The van der Waals surface area contributed by atoms with Gasteiger partial charge in [0.25, 0.3) is 11.8 Å². The monoisotopic (exact) mass is 708 g/mol. The minimum Gasteiger partial charge on any atom is -0.338 e. The van der Waals surface area contributed by atoms with E-state index in [1.54, 1.807) is 6.92 Å². The number of hydrogen-bond donors (Lipinski definition) is 0. The summed E-state index contributed by atoms with van der Waals surface area (Å²) in [6.07, 6.45) is -6.77. The third kappa shape index (κ3) is 8.09. The fourth-order valence-corrected chi connectivity index (χ4v) is 8.05. The average molecular weight is 709 g/mol. The fourth-order valence-electron chi connectivity index (χ4n) is 7.43. The van der Waals surface area contributed by atoms with Crippen LogP contribution >= 0.6 is 11.5 Å². The zero-order chi connectivity index (χ0) is 34.9. The van der Waals surface area contributed by atoms with Crippen molar-refractivity contribution in [2.45, 2.75) is 69.5 Å². The second kappa shape index (κ2) is 14.4. The van der Waals surface area contributed by atoms with Crippen molar-refractivity contribution in [2.75, 3.05) is 45.8 Å². The Labute approximate surface area is 284 Å². The van der Waals surface area contributed by atoms with E-state index in [4.69, 9.17) is 0 Å². The first-order valence-electron chi connectivity index (χ1n) is 16.5. The minimum absolute atomic E-state index is 0.0144. The van der Waals surface area contributed by atoms with Crippen LogP contribution in [-0.2, 0) is 18.8 Å². The Morgan fingerprint density at radius 3 is 1.90 bits per heavy atom. The normalized spacial score (nSPS) is 22.0. The predicted octanol–water partition coefficient (Wildman–Crippen LogP) is 6.02. The van der Waals surface area contributed by atoms with Gasteiger partial charge in [-0.1, -0.05) is 34.8 Å². The Kier molecular flexibility index (Phi) is 10.3. The van der Waals surface area contributed by atoms with Gasteiger partial charge in [0.15, 0.2) is 0 Å². The van der Waals surface area contributed by atoms with Gasteiger partial charge in [0, 0.05) is 69.5 Å². The highest BCUT2D eigenvalue weighted by atomic mass is 32.1. The third-order valence-corrected chi connectivity index (χ3v) is 10.9. The molecule has 2 atom stereocenters. The largest absolute Gasteiger partial charge is 0.416 e. The lowest BCUT2D eigenvalue weighted by molar-refractivity contribution is -0.143. The van der Waals surface area contributed by atoms with Crippen LogP contribution < -0.4 is 0 Å². The first kappa shape index (κ1) is 35.3. The van der Waals surface area contributed by atoms with Gasteiger partial charge in [-0.25, -0.2) is 0 Å². The topological polar surface area (TPSA) is 72.9 Å². The molecule has 3 aromatic rings. The maximum Gasteiger partial charge on any atom is 0.416 e. The number of nitrogens with zero attached hydrogens (tertiary/aromatic N) is 6. The predicted molar refractivity (Wildman–Crippen MR) is 171 cm³/mol. The molecule has 8 nitrogen and oxygen atoms in total. The second-order valence-corrected chi connectivity index (χ2v) is 13.9. The number of rotatable bonds is 6. The van der Waals surface area contributed by atoms with Gasteiger partial charge in [-0.05, 0) is 74.3 Å². The number of piperidine rings is 2. The Balaban J connectivity index is 1.11. The first-order valence-corrected chi connectivity index (χ1v) is 17.3. The highest BCUT2D eigenvalue weighted by Crippen LogP contribution is 2.37. The first-order chi connectivity index (χ1) is 23.3. The number of halogens is 6. The Morgan fingerprint density at radius 1 is 0.776 bits per heavy atom. The van der Waals surface area contributed by atoms with E-state index in [9.17, 15) is 35.9 Å². The maximum atomic E-state index is 13.7. The smallest absolute Gasteiger partial charge is 0.338 e. The molecule has 2 aromatic carbocycles. The highest BCUT2D eigenvalue weighted by molar-refractivity contribution is 7.07. The van der Waals surface area contributed by atoms with Crippen molar-refractivity contribution in [1.29, 1.82) is 0 Å². The highest BCUT2D eigenvalue weighted by Gasteiger charge is 2.41. The molecule has 15 heteroatoms. The lowest BCUT2D eigenvalue weighted by atomic mass is 9.90. The van der Waals surface area contributed by atoms with Crippen LogP contribution in [0.2, 0.25) is 0 Å². The molecule has 0 unspecified atom stereocenters. The number of alkyl halides is 6. The van der Waals surface area contributed by atoms with Crippen molar-refractivity contribution >= 4 is 23.3 Å². The maximum absolute atomic E-state index is 13.7. The molecule has 1 aromatic heterocycles. The number of carbonyl (C=O) groups is 2. The molecule has 2 amide bonds. The molecule has 3 fully saturated rings. The van der Waals surface area contributed by atoms with Crippen LogP contribution in [0.3, 0.4) is 0 Å². The number of hydrogen-bond acceptors (Lipinski definition) is 7. The van der Waals surface area contributed by atoms with Gasteiger partial charge in [0.2, 0.25) is 0 Å². The number of carbonyl (C=O) groups excluding carboxylic acids is 2. The van der Waals surface area contributed by atoms with Crippen LogP contribution in [0.5, 0.6) is 0 Å². The van der Waals surface area contributed by atoms with Gasteiger partial charge in [0.1, 0.15) is 4.88 Å². The summed E-state index contributed by atoms with van der Waals surface area (Å²) in [7, 11) is 0. The van der Waals surface area contributed by atoms with E-state index in [-0.39, 0.29) is 24.6 Å². The molecule has 4 heterocycles. The van der Waals surface area contributed by atoms with E-state index in [1.807, 2.05) is 35.2 Å². The minimum atomic E-state index is -5.04. The number of benzene rings is 2. The summed E-state index contributed by atoms with van der Waals surface area (Å²) in [5.74, 6) is -0.841. The lowest BCUT2D eigenvalue weighted by Gasteiger charge is -2.48. The van der Waals surface area contributed by atoms with E-state index in [0.717, 1.165) is 56.1 Å². The molecule has 0 radical (unpaired) electrons. The molecular weight excluding hydrogens is 670 g/mol. The Morgan fingerprint density at radius 2 is 1.35 bits per heavy atom. The van der Waals surface area contributed by atoms with Crippen molar-refractivity contribution in [3.05, 3.63) is 81.4 Å². The van der Waals surface area contributed by atoms with Crippen LogP contribution in [0.15, 0.2) is 48.5 Å². The zero-order valence-electron chi connectivity index (χ0n) is 27.0. The summed E-state index contributed by atoms with van der Waals surface area (Å²) in [5.41, 5.74) is -2.02. The van der Waals surface area contributed by atoms with Crippen molar-refractivity contribution in [3.63, 3.8) is 0 Å². The lowest BCUT2D eigenvalue weighted by Crippen LogP contribution is -2.58. The fraction of sp³-hybridized carbons (Fsp3) is 0.529. The van der Waals surface area contributed by atoms with Crippen molar-refractivity contribution in [1.82, 2.24) is 29.2 Å². The number of piperazine rings is 1. The number of amides is 2. The third-order valence-electron chi connectivity index (χ3n) is 10.1.